The zero-order chi connectivity index (χ0) is 9.78. The van der Waals surface area contributed by atoms with Gasteiger partial charge in [0, 0.05) is 13.1 Å². The van der Waals surface area contributed by atoms with E-state index in [2.05, 4.69) is 4.72 Å². The molecule has 0 spiro atoms. The van der Waals surface area contributed by atoms with Crippen molar-refractivity contribution in [2.75, 3.05) is 13.6 Å². The normalized spacial score (nSPS) is 12.0. The van der Waals surface area contributed by atoms with Gasteiger partial charge in [0.1, 0.15) is 6.54 Å². The lowest BCUT2D eigenvalue weighted by Gasteiger charge is -2.16. The van der Waals surface area contributed by atoms with E-state index in [1.807, 2.05) is 0 Å². The van der Waals surface area contributed by atoms with Crippen LogP contribution in [0.3, 0.4) is 0 Å². The van der Waals surface area contributed by atoms with Crippen molar-refractivity contribution in [3.8, 4) is 6.07 Å². The van der Waals surface area contributed by atoms with Gasteiger partial charge in [0.15, 0.2) is 0 Å². The molecule has 0 aliphatic rings. The van der Waals surface area contributed by atoms with Crippen LogP contribution in [0, 0.1) is 11.3 Å². The molecule has 0 aliphatic carbocycles. The molecule has 0 aromatic heterocycles. The Morgan fingerprint density at radius 1 is 1.58 bits per heavy atom. The minimum Gasteiger partial charge on any atom is -0.200 e. The first-order chi connectivity index (χ1) is 5.40. The molecule has 0 heterocycles. The van der Waals surface area contributed by atoms with Crippen LogP contribution < -0.4 is 4.72 Å². The predicted octanol–water partition coefficient (Wildman–Crippen LogP) is -0.315. The molecule has 0 aromatic carbocycles. The fourth-order valence-electron chi connectivity index (χ4n) is 0.572. The highest BCUT2D eigenvalue weighted by Gasteiger charge is 2.17. The summed E-state index contributed by atoms with van der Waals surface area (Å²) in [5.41, 5.74) is 0. The number of nitrogens with zero attached hydrogens (tertiary/aromatic N) is 2. The highest BCUT2D eigenvalue weighted by Crippen LogP contribution is 1.93. The number of nitriles is 1. The van der Waals surface area contributed by atoms with Crippen LogP contribution in [-0.2, 0) is 10.2 Å². The minimum atomic E-state index is -3.46. The van der Waals surface area contributed by atoms with Gasteiger partial charge < -0.3 is 0 Å². The summed E-state index contributed by atoms with van der Waals surface area (Å²) >= 11 is 0. The molecule has 6 heteroatoms. The first-order valence-electron chi connectivity index (χ1n) is 3.50. The average molecular weight is 191 g/mol. The Morgan fingerprint density at radius 2 is 2.08 bits per heavy atom. The topological polar surface area (TPSA) is 73.2 Å². The van der Waals surface area contributed by atoms with Gasteiger partial charge in [-0.1, -0.05) is 0 Å². The zero-order valence-corrected chi connectivity index (χ0v) is 8.22. The van der Waals surface area contributed by atoms with Gasteiger partial charge in [-0.3, -0.25) is 0 Å². The van der Waals surface area contributed by atoms with E-state index in [9.17, 15) is 8.42 Å². The molecule has 0 fully saturated rings. The van der Waals surface area contributed by atoms with E-state index in [4.69, 9.17) is 5.26 Å². The molecule has 0 radical (unpaired) electrons. The monoisotopic (exact) mass is 191 g/mol. The highest BCUT2D eigenvalue weighted by molar-refractivity contribution is 7.87. The summed E-state index contributed by atoms with van der Waals surface area (Å²) in [6.45, 7) is 3.30. The molecular weight excluding hydrogens is 178 g/mol. The van der Waals surface area contributed by atoms with Crippen LogP contribution in [0.4, 0.5) is 0 Å². The summed E-state index contributed by atoms with van der Waals surface area (Å²) in [5, 5.41) is 8.25. The highest BCUT2D eigenvalue weighted by atomic mass is 32.2. The van der Waals surface area contributed by atoms with E-state index in [1.165, 1.54) is 7.05 Å². The van der Waals surface area contributed by atoms with Crippen molar-refractivity contribution in [2.24, 2.45) is 0 Å². The SMILES string of the molecule is CC(C)NS(=O)(=O)N(C)CC#N. The largest absolute Gasteiger partial charge is 0.280 e. The van der Waals surface area contributed by atoms with Crippen molar-refractivity contribution in [1.82, 2.24) is 9.03 Å². The van der Waals surface area contributed by atoms with Crippen LogP contribution in [0.25, 0.3) is 0 Å². The smallest absolute Gasteiger partial charge is 0.200 e. The number of hydrogen-bond acceptors (Lipinski definition) is 3. The fourth-order valence-corrected chi connectivity index (χ4v) is 1.58. The summed E-state index contributed by atoms with van der Waals surface area (Å²) < 4.78 is 25.7. The molecular formula is C6H13N3O2S. The zero-order valence-electron chi connectivity index (χ0n) is 7.40. The van der Waals surface area contributed by atoms with Crippen molar-refractivity contribution < 1.29 is 8.42 Å². The number of nitrogens with one attached hydrogen (secondary N) is 1. The van der Waals surface area contributed by atoms with Crippen molar-refractivity contribution in [3.63, 3.8) is 0 Å². The van der Waals surface area contributed by atoms with Gasteiger partial charge in [0.25, 0.3) is 10.2 Å². The minimum absolute atomic E-state index is 0.137. The predicted molar refractivity (Wildman–Crippen MR) is 45.4 cm³/mol. The molecule has 1 N–H and O–H groups in total. The second-order valence-corrected chi connectivity index (χ2v) is 4.50. The Bertz CT molecular complexity index is 265. The second kappa shape index (κ2) is 4.40. The summed E-state index contributed by atoms with van der Waals surface area (Å²) in [6, 6.07) is 1.60. The molecule has 0 aromatic rings. The van der Waals surface area contributed by atoms with Crippen molar-refractivity contribution in [2.45, 2.75) is 19.9 Å². The van der Waals surface area contributed by atoms with Crippen molar-refractivity contribution in [3.05, 3.63) is 0 Å². The lowest BCUT2D eigenvalue weighted by atomic mass is 10.4. The van der Waals surface area contributed by atoms with E-state index in [0.717, 1.165) is 4.31 Å². The molecule has 5 nitrogen and oxygen atoms in total. The van der Waals surface area contributed by atoms with Crippen LogP contribution in [0.1, 0.15) is 13.8 Å². The maximum absolute atomic E-state index is 11.2. The van der Waals surface area contributed by atoms with E-state index in [1.54, 1.807) is 19.9 Å². The van der Waals surface area contributed by atoms with Gasteiger partial charge in [-0.15, -0.1) is 0 Å². The summed E-state index contributed by atoms with van der Waals surface area (Å²) in [7, 11) is -2.11. The molecule has 0 atom stereocenters. The maximum Gasteiger partial charge on any atom is 0.280 e. The van der Waals surface area contributed by atoms with Crippen LogP contribution in [0.15, 0.2) is 0 Å². The molecule has 0 saturated heterocycles. The fraction of sp³-hybridized carbons (Fsp3) is 0.833. The quantitative estimate of drug-likeness (QED) is 0.619. The first kappa shape index (κ1) is 11.4. The van der Waals surface area contributed by atoms with E-state index in [0.29, 0.717) is 0 Å². The van der Waals surface area contributed by atoms with Gasteiger partial charge >= 0.3 is 0 Å². The molecule has 0 bridgehead atoms. The Kier molecular flexibility index (Phi) is 4.17. The van der Waals surface area contributed by atoms with Crippen molar-refractivity contribution in [1.29, 1.82) is 5.26 Å². The third-order valence-corrected chi connectivity index (χ3v) is 2.81. The molecule has 0 rings (SSSR count). The van der Waals surface area contributed by atoms with E-state index >= 15 is 0 Å². The third-order valence-electron chi connectivity index (χ3n) is 1.09. The van der Waals surface area contributed by atoms with Gasteiger partial charge in [0.05, 0.1) is 6.07 Å². The second-order valence-electron chi connectivity index (χ2n) is 2.69. The molecule has 0 unspecified atom stereocenters. The maximum atomic E-state index is 11.2. The Morgan fingerprint density at radius 3 is 2.42 bits per heavy atom. The van der Waals surface area contributed by atoms with Crippen molar-refractivity contribution >= 4 is 10.2 Å². The van der Waals surface area contributed by atoms with Gasteiger partial charge in [0.2, 0.25) is 0 Å². The average Bonchev–Trinajstić information content (AvgIpc) is 1.85. The van der Waals surface area contributed by atoms with Gasteiger partial charge in [-0.05, 0) is 13.8 Å². The Labute approximate surface area is 73.2 Å². The summed E-state index contributed by atoms with van der Waals surface area (Å²) in [4.78, 5) is 0. The molecule has 0 aliphatic heterocycles. The van der Waals surface area contributed by atoms with E-state index in [-0.39, 0.29) is 12.6 Å². The standard InChI is InChI=1S/C6H13N3O2S/c1-6(2)8-12(10,11)9(3)5-4-7/h6,8H,5H2,1-3H3. The van der Waals surface area contributed by atoms with Crippen LogP contribution in [0.2, 0.25) is 0 Å². The first-order valence-corrected chi connectivity index (χ1v) is 4.94. The summed E-state index contributed by atoms with van der Waals surface area (Å²) in [5.74, 6) is 0. The number of rotatable bonds is 4. The van der Waals surface area contributed by atoms with E-state index < -0.39 is 10.2 Å². The Balaban J connectivity index is 4.33. The molecule has 70 valence electrons. The Hall–Kier alpha value is -0.640. The third kappa shape index (κ3) is 3.67. The molecule has 0 saturated carbocycles. The van der Waals surface area contributed by atoms with Crippen LogP contribution in [-0.4, -0.2) is 32.4 Å². The lowest BCUT2D eigenvalue weighted by molar-refractivity contribution is 0.480. The summed E-state index contributed by atoms with van der Waals surface area (Å²) in [6.07, 6.45) is 0. The van der Waals surface area contributed by atoms with Gasteiger partial charge in [-0.2, -0.15) is 22.7 Å². The molecule has 12 heavy (non-hydrogen) atoms. The van der Waals surface area contributed by atoms with Crippen LogP contribution in [0.5, 0.6) is 0 Å². The van der Waals surface area contributed by atoms with Gasteiger partial charge in [-0.25, -0.2) is 0 Å². The number of hydrogen-bond donors (Lipinski definition) is 1. The lowest BCUT2D eigenvalue weighted by Crippen LogP contribution is -2.41. The van der Waals surface area contributed by atoms with Crippen LogP contribution >= 0.6 is 0 Å². The molecule has 0 amide bonds.